The van der Waals surface area contributed by atoms with Crippen molar-refractivity contribution >= 4 is 51.6 Å². The molecule has 1 unspecified atom stereocenters. The summed E-state index contributed by atoms with van der Waals surface area (Å²) in [6.07, 6.45) is 8.27. The molecule has 0 aromatic carbocycles. The molecule has 1 radical (unpaired) electrons. The van der Waals surface area contributed by atoms with E-state index in [9.17, 15) is 22.6 Å². The summed E-state index contributed by atoms with van der Waals surface area (Å²) in [6, 6.07) is 0. The van der Waals surface area contributed by atoms with Crippen LogP contribution < -0.4 is 0 Å². The number of hydrogen-bond acceptors (Lipinski definition) is 4. The Kier molecular flexibility index (Phi) is 15.1. The van der Waals surface area contributed by atoms with Crippen molar-refractivity contribution in [3.8, 4) is 0 Å². The van der Waals surface area contributed by atoms with Crippen LogP contribution in [0.1, 0.15) is 84.0 Å². The maximum atomic E-state index is 11.4. The summed E-state index contributed by atoms with van der Waals surface area (Å²) in [4.78, 5) is 22.1. The van der Waals surface area contributed by atoms with Gasteiger partial charge < -0.3 is 10.2 Å². The molecule has 0 aliphatic carbocycles. The summed E-state index contributed by atoms with van der Waals surface area (Å²) in [6.45, 7) is 2.16. The molecule has 25 heavy (non-hydrogen) atoms. The fourth-order valence-electron chi connectivity index (χ4n) is 2.74. The van der Waals surface area contributed by atoms with Crippen LogP contribution in [0.15, 0.2) is 0 Å². The fourth-order valence-corrected chi connectivity index (χ4v) is 3.67. The molecule has 0 aromatic rings. The number of rotatable bonds is 15. The van der Waals surface area contributed by atoms with Gasteiger partial charge in [0.2, 0.25) is 4.75 Å². The molecule has 0 aromatic heterocycles. The van der Waals surface area contributed by atoms with E-state index >= 15 is 0 Å². The number of carboxylic acids is 2. The first-order chi connectivity index (χ1) is 11.2. The van der Waals surface area contributed by atoms with Gasteiger partial charge in [-0.15, -0.1) is 0 Å². The van der Waals surface area contributed by atoms with Crippen LogP contribution >= 0.6 is 0 Å². The van der Waals surface area contributed by atoms with Gasteiger partial charge in [-0.3, -0.25) is 14.1 Å². The Morgan fingerprint density at radius 1 is 0.840 bits per heavy atom. The molecular formula is C16H30NaO7S. The van der Waals surface area contributed by atoms with Crippen LogP contribution in [0, 0.1) is 0 Å². The van der Waals surface area contributed by atoms with Crippen molar-refractivity contribution in [3.05, 3.63) is 0 Å². The molecule has 0 rings (SSSR count). The van der Waals surface area contributed by atoms with Gasteiger partial charge in [0.05, 0.1) is 6.42 Å². The van der Waals surface area contributed by atoms with E-state index in [1.165, 1.54) is 25.7 Å². The zero-order valence-electron chi connectivity index (χ0n) is 15.4. The third-order valence-electron chi connectivity index (χ3n) is 4.25. The molecule has 9 heteroatoms. The van der Waals surface area contributed by atoms with Crippen LogP contribution in [0.25, 0.3) is 0 Å². The quantitative estimate of drug-likeness (QED) is 0.223. The van der Waals surface area contributed by atoms with E-state index in [4.69, 9.17) is 10.2 Å². The Balaban J connectivity index is 0. The topological polar surface area (TPSA) is 129 Å². The first kappa shape index (κ1) is 27.1. The maximum Gasteiger partial charge on any atom is 0.328 e. The molecule has 0 saturated heterocycles. The van der Waals surface area contributed by atoms with E-state index in [0.717, 1.165) is 25.7 Å². The minimum absolute atomic E-state index is 0. The Labute approximate surface area is 172 Å². The van der Waals surface area contributed by atoms with E-state index < -0.39 is 39.6 Å². The summed E-state index contributed by atoms with van der Waals surface area (Å²) in [7, 11) is -5.01. The second-order valence-electron chi connectivity index (χ2n) is 6.28. The second-order valence-corrected chi connectivity index (χ2v) is 8.01. The van der Waals surface area contributed by atoms with E-state index in [2.05, 4.69) is 6.92 Å². The number of carboxylic acid groups (broad SMARTS) is 2. The maximum absolute atomic E-state index is 11.4. The monoisotopic (exact) mass is 389 g/mol. The van der Waals surface area contributed by atoms with Gasteiger partial charge in [-0.2, -0.15) is 8.42 Å². The Bertz CT molecular complexity index is 493. The van der Waals surface area contributed by atoms with Crippen LogP contribution in [0.5, 0.6) is 0 Å². The molecular weight excluding hydrogens is 359 g/mol. The van der Waals surface area contributed by atoms with Crippen molar-refractivity contribution in [2.45, 2.75) is 88.7 Å². The summed E-state index contributed by atoms with van der Waals surface area (Å²) < 4.78 is 29.4. The Morgan fingerprint density at radius 2 is 1.24 bits per heavy atom. The normalized spacial score (nSPS) is 13.7. The van der Waals surface area contributed by atoms with E-state index in [1.54, 1.807) is 0 Å². The summed E-state index contributed by atoms with van der Waals surface area (Å²) >= 11 is 0. The predicted octanol–water partition coefficient (Wildman–Crippen LogP) is 3.10. The van der Waals surface area contributed by atoms with Gasteiger partial charge in [0.25, 0.3) is 10.1 Å². The summed E-state index contributed by atoms with van der Waals surface area (Å²) in [5.74, 6) is -3.38. The Morgan fingerprint density at radius 3 is 1.56 bits per heavy atom. The van der Waals surface area contributed by atoms with Gasteiger partial charge in [-0.1, -0.05) is 71.1 Å². The SMILES string of the molecule is CCCCCCCCCCCCC(CC(=O)O)(C(=O)O)S(=O)(=O)O.[Na]. The van der Waals surface area contributed by atoms with Crippen molar-refractivity contribution in [1.29, 1.82) is 0 Å². The van der Waals surface area contributed by atoms with Gasteiger partial charge in [-0.05, 0) is 6.42 Å². The zero-order valence-corrected chi connectivity index (χ0v) is 18.2. The minimum Gasteiger partial charge on any atom is -0.481 e. The smallest absolute Gasteiger partial charge is 0.328 e. The third-order valence-corrected chi connectivity index (χ3v) is 5.77. The van der Waals surface area contributed by atoms with Crippen LogP contribution in [-0.4, -0.2) is 69.4 Å². The van der Waals surface area contributed by atoms with Crippen molar-refractivity contribution in [2.24, 2.45) is 0 Å². The molecule has 0 aliphatic rings. The zero-order chi connectivity index (χ0) is 18.6. The van der Waals surface area contributed by atoms with Crippen molar-refractivity contribution in [2.75, 3.05) is 0 Å². The van der Waals surface area contributed by atoms with Gasteiger partial charge in [-0.25, -0.2) is 0 Å². The van der Waals surface area contributed by atoms with Gasteiger partial charge in [0, 0.05) is 29.6 Å². The van der Waals surface area contributed by atoms with Crippen LogP contribution in [0.3, 0.4) is 0 Å². The fraction of sp³-hybridized carbons (Fsp3) is 0.875. The second kappa shape index (κ2) is 14.0. The number of aliphatic carboxylic acids is 2. The third kappa shape index (κ3) is 10.6. The molecule has 1 atom stereocenters. The van der Waals surface area contributed by atoms with Gasteiger partial charge >= 0.3 is 11.9 Å². The summed E-state index contributed by atoms with van der Waals surface area (Å²) in [5, 5.41) is 17.9. The van der Waals surface area contributed by atoms with Gasteiger partial charge in [0.1, 0.15) is 0 Å². The van der Waals surface area contributed by atoms with Crippen LogP contribution in [0.4, 0.5) is 0 Å². The van der Waals surface area contributed by atoms with Crippen LogP contribution in [-0.2, 0) is 19.7 Å². The predicted molar refractivity (Wildman–Crippen MR) is 96.4 cm³/mol. The Hall–Kier alpha value is -0.150. The molecule has 0 saturated carbocycles. The molecule has 0 amide bonds. The molecule has 0 aliphatic heterocycles. The van der Waals surface area contributed by atoms with E-state index in [-0.39, 0.29) is 36.0 Å². The number of hydrogen-bond donors (Lipinski definition) is 3. The van der Waals surface area contributed by atoms with E-state index in [0.29, 0.717) is 6.42 Å². The molecule has 0 bridgehead atoms. The summed E-state index contributed by atoms with van der Waals surface area (Å²) in [5.41, 5.74) is 0. The standard InChI is InChI=1S/C16H30O7S.Na/c1-2-3-4-5-6-7-8-9-10-11-12-16(15(19)20,13-14(17)18)24(21,22)23;/h2-13H2,1H3,(H,17,18)(H,19,20)(H,21,22,23);. The molecule has 0 fully saturated rings. The molecule has 0 spiro atoms. The number of unbranched alkanes of at least 4 members (excludes halogenated alkanes) is 9. The average molecular weight is 389 g/mol. The van der Waals surface area contributed by atoms with Crippen molar-refractivity contribution in [1.82, 2.24) is 0 Å². The number of carbonyl (C=O) groups is 2. The van der Waals surface area contributed by atoms with Crippen molar-refractivity contribution in [3.63, 3.8) is 0 Å². The molecule has 0 heterocycles. The molecule has 7 nitrogen and oxygen atoms in total. The minimum atomic E-state index is -5.01. The largest absolute Gasteiger partial charge is 0.481 e. The van der Waals surface area contributed by atoms with Crippen molar-refractivity contribution < 1.29 is 32.8 Å². The first-order valence-electron chi connectivity index (χ1n) is 8.59. The van der Waals surface area contributed by atoms with Crippen LogP contribution in [0.2, 0.25) is 0 Å². The first-order valence-corrected chi connectivity index (χ1v) is 10.0. The molecule has 3 N–H and O–H groups in total. The average Bonchev–Trinajstić information content (AvgIpc) is 2.46. The van der Waals surface area contributed by atoms with Gasteiger partial charge in [0.15, 0.2) is 0 Å². The molecule has 143 valence electrons. The van der Waals surface area contributed by atoms with E-state index in [1.807, 2.05) is 0 Å².